The third-order valence-electron chi connectivity index (χ3n) is 3.32. The standard InChI is InChI=1S/C18H20ClNO2/c1-13(2)20(15-9-5-4-6-10-15)17(21)12-22-18-14(3)8-7-11-16(18)19/h4-11,13H,12H2,1-3H3. The maximum absolute atomic E-state index is 12.5. The number of para-hydroxylation sites is 2. The molecule has 0 saturated heterocycles. The van der Waals surface area contributed by atoms with Gasteiger partial charge in [-0.25, -0.2) is 0 Å². The molecule has 22 heavy (non-hydrogen) atoms. The van der Waals surface area contributed by atoms with Crippen LogP contribution in [0.2, 0.25) is 5.02 Å². The Morgan fingerprint density at radius 1 is 1.14 bits per heavy atom. The number of hydrogen-bond donors (Lipinski definition) is 0. The number of hydrogen-bond acceptors (Lipinski definition) is 2. The number of carbonyl (C=O) groups excluding carboxylic acids is 1. The van der Waals surface area contributed by atoms with Crippen LogP contribution >= 0.6 is 11.6 Å². The Balaban J connectivity index is 2.13. The van der Waals surface area contributed by atoms with Gasteiger partial charge in [-0.15, -0.1) is 0 Å². The number of halogens is 1. The van der Waals surface area contributed by atoms with Gasteiger partial charge in [-0.1, -0.05) is 41.9 Å². The van der Waals surface area contributed by atoms with E-state index in [2.05, 4.69) is 0 Å². The number of carbonyl (C=O) groups is 1. The molecular formula is C18H20ClNO2. The first-order valence-corrected chi connectivity index (χ1v) is 7.63. The third-order valence-corrected chi connectivity index (χ3v) is 3.62. The van der Waals surface area contributed by atoms with Crippen molar-refractivity contribution in [2.45, 2.75) is 26.8 Å². The van der Waals surface area contributed by atoms with Gasteiger partial charge in [-0.05, 0) is 44.5 Å². The van der Waals surface area contributed by atoms with E-state index in [0.29, 0.717) is 10.8 Å². The predicted octanol–water partition coefficient (Wildman–Crippen LogP) is 4.47. The van der Waals surface area contributed by atoms with E-state index in [1.807, 2.05) is 63.2 Å². The van der Waals surface area contributed by atoms with Gasteiger partial charge in [-0.2, -0.15) is 0 Å². The summed E-state index contributed by atoms with van der Waals surface area (Å²) in [7, 11) is 0. The fourth-order valence-electron chi connectivity index (χ4n) is 2.32. The zero-order valence-corrected chi connectivity index (χ0v) is 13.8. The minimum absolute atomic E-state index is 0.0440. The summed E-state index contributed by atoms with van der Waals surface area (Å²) in [6, 6.07) is 15.2. The van der Waals surface area contributed by atoms with Gasteiger partial charge in [0.05, 0.1) is 5.02 Å². The largest absolute Gasteiger partial charge is 0.482 e. The highest BCUT2D eigenvalue weighted by molar-refractivity contribution is 6.32. The summed E-state index contributed by atoms with van der Waals surface area (Å²) in [5.41, 5.74) is 1.78. The van der Waals surface area contributed by atoms with Crippen molar-refractivity contribution in [2.75, 3.05) is 11.5 Å². The van der Waals surface area contributed by atoms with Gasteiger partial charge >= 0.3 is 0 Å². The molecule has 3 nitrogen and oxygen atoms in total. The van der Waals surface area contributed by atoms with E-state index in [0.717, 1.165) is 11.3 Å². The average Bonchev–Trinajstić information content (AvgIpc) is 2.47. The smallest absolute Gasteiger partial charge is 0.265 e. The quantitative estimate of drug-likeness (QED) is 0.814. The van der Waals surface area contributed by atoms with Crippen molar-refractivity contribution in [3.8, 4) is 5.75 Å². The minimum Gasteiger partial charge on any atom is -0.482 e. The summed E-state index contributed by atoms with van der Waals surface area (Å²) in [6.07, 6.45) is 0. The molecule has 0 spiro atoms. The molecule has 0 atom stereocenters. The van der Waals surface area contributed by atoms with Crippen LogP contribution in [0, 0.1) is 6.92 Å². The van der Waals surface area contributed by atoms with Crippen molar-refractivity contribution < 1.29 is 9.53 Å². The summed E-state index contributed by atoms with van der Waals surface area (Å²) >= 11 is 6.12. The van der Waals surface area contributed by atoms with Gasteiger partial charge in [0.2, 0.25) is 0 Å². The molecule has 0 N–H and O–H groups in total. The first-order chi connectivity index (χ1) is 10.5. The van der Waals surface area contributed by atoms with E-state index in [1.54, 1.807) is 11.0 Å². The van der Waals surface area contributed by atoms with Crippen LogP contribution in [0.15, 0.2) is 48.5 Å². The maximum Gasteiger partial charge on any atom is 0.265 e. The van der Waals surface area contributed by atoms with Crippen LogP contribution in [-0.4, -0.2) is 18.6 Å². The Labute approximate surface area is 136 Å². The van der Waals surface area contributed by atoms with E-state index >= 15 is 0 Å². The molecular weight excluding hydrogens is 298 g/mol. The molecule has 0 unspecified atom stereocenters. The highest BCUT2D eigenvalue weighted by atomic mass is 35.5. The van der Waals surface area contributed by atoms with Crippen molar-refractivity contribution in [1.29, 1.82) is 0 Å². The van der Waals surface area contributed by atoms with E-state index in [1.165, 1.54) is 0 Å². The highest BCUT2D eigenvalue weighted by Gasteiger charge is 2.20. The molecule has 0 aliphatic heterocycles. The van der Waals surface area contributed by atoms with Crippen LogP contribution < -0.4 is 9.64 Å². The Morgan fingerprint density at radius 2 is 1.82 bits per heavy atom. The van der Waals surface area contributed by atoms with Gasteiger partial charge in [0.1, 0.15) is 5.75 Å². The first-order valence-electron chi connectivity index (χ1n) is 7.25. The first kappa shape index (κ1) is 16.4. The van der Waals surface area contributed by atoms with Crippen LogP contribution in [-0.2, 0) is 4.79 Å². The fourth-order valence-corrected chi connectivity index (χ4v) is 2.60. The summed E-state index contributed by atoms with van der Waals surface area (Å²) in [5.74, 6) is 0.467. The fraction of sp³-hybridized carbons (Fsp3) is 0.278. The van der Waals surface area contributed by atoms with Crippen molar-refractivity contribution in [1.82, 2.24) is 0 Å². The molecule has 2 aromatic rings. The molecule has 116 valence electrons. The molecule has 0 aliphatic carbocycles. The predicted molar refractivity (Wildman–Crippen MR) is 90.7 cm³/mol. The van der Waals surface area contributed by atoms with Gasteiger partial charge < -0.3 is 9.64 Å². The van der Waals surface area contributed by atoms with Crippen molar-refractivity contribution in [3.05, 3.63) is 59.1 Å². The molecule has 0 aliphatic rings. The molecule has 1 amide bonds. The molecule has 2 rings (SSSR count). The van der Waals surface area contributed by atoms with Gasteiger partial charge in [0, 0.05) is 11.7 Å². The van der Waals surface area contributed by atoms with Gasteiger partial charge in [-0.3, -0.25) is 4.79 Å². The number of aryl methyl sites for hydroxylation is 1. The van der Waals surface area contributed by atoms with Crippen LogP contribution in [0.4, 0.5) is 5.69 Å². The number of rotatable bonds is 5. The Kier molecular flexibility index (Phi) is 5.45. The molecule has 0 saturated carbocycles. The molecule has 0 aromatic heterocycles. The maximum atomic E-state index is 12.5. The molecule has 2 aromatic carbocycles. The van der Waals surface area contributed by atoms with Crippen LogP contribution in [0.1, 0.15) is 19.4 Å². The second kappa shape index (κ2) is 7.32. The van der Waals surface area contributed by atoms with E-state index in [4.69, 9.17) is 16.3 Å². The third kappa shape index (κ3) is 3.80. The van der Waals surface area contributed by atoms with Gasteiger partial charge in [0.25, 0.3) is 5.91 Å². The number of nitrogens with zero attached hydrogens (tertiary/aromatic N) is 1. The lowest BCUT2D eigenvalue weighted by atomic mass is 10.2. The van der Waals surface area contributed by atoms with E-state index in [-0.39, 0.29) is 18.6 Å². The Morgan fingerprint density at radius 3 is 2.41 bits per heavy atom. The zero-order valence-electron chi connectivity index (χ0n) is 13.0. The van der Waals surface area contributed by atoms with Crippen molar-refractivity contribution in [3.63, 3.8) is 0 Å². The normalized spacial score (nSPS) is 10.6. The van der Waals surface area contributed by atoms with E-state index < -0.39 is 0 Å². The van der Waals surface area contributed by atoms with Crippen LogP contribution in [0.3, 0.4) is 0 Å². The van der Waals surface area contributed by atoms with Crippen molar-refractivity contribution >= 4 is 23.2 Å². The van der Waals surface area contributed by atoms with E-state index in [9.17, 15) is 4.79 Å². The monoisotopic (exact) mass is 317 g/mol. The average molecular weight is 318 g/mol. The molecule has 0 bridgehead atoms. The molecule has 4 heteroatoms. The Bertz CT molecular complexity index is 621. The Hall–Kier alpha value is -2.00. The lowest BCUT2D eigenvalue weighted by Gasteiger charge is -2.27. The summed E-state index contributed by atoms with van der Waals surface area (Å²) in [6.45, 7) is 5.82. The number of anilines is 1. The van der Waals surface area contributed by atoms with Gasteiger partial charge in [0.15, 0.2) is 6.61 Å². The zero-order chi connectivity index (χ0) is 16.1. The molecule has 0 radical (unpaired) electrons. The van der Waals surface area contributed by atoms with Crippen LogP contribution in [0.5, 0.6) is 5.75 Å². The highest BCUT2D eigenvalue weighted by Crippen LogP contribution is 2.28. The minimum atomic E-state index is -0.0967. The molecule has 0 heterocycles. The lowest BCUT2D eigenvalue weighted by molar-refractivity contribution is -0.120. The topological polar surface area (TPSA) is 29.5 Å². The number of ether oxygens (including phenoxy) is 1. The summed E-state index contributed by atoms with van der Waals surface area (Å²) < 4.78 is 5.66. The summed E-state index contributed by atoms with van der Waals surface area (Å²) in [5, 5.41) is 0.517. The second-order valence-electron chi connectivity index (χ2n) is 5.37. The summed E-state index contributed by atoms with van der Waals surface area (Å²) in [4.78, 5) is 14.3. The number of amides is 1. The van der Waals surface area contributed by atoms with Crippen molar-refractivity contribution in [2.24, 2.45) is 0 Å². The SMILES string of the molecule is Cc1cccc(Cl)c1OCC(=O)N(c1ccccc1)C(C)C. The lowest BCUT2D eigenvalue weighted by Crippen LogP contribution is -2.40. The molecule has 0 fully saturated rings. The number of benzene rings is 2. The van der Waals surface area contributed by atoms with Crippen LogP contribution in [0.25, 0.3) is 0 Å². The second-order valence-corrected chi connectivity index (χ2v) is 5.77.